The topological polar surface area (TPSA) is 131 Å². The molecule has 9 nitrogen and oxygen atoms in total. The van der Waals surface area contributed by atoms with Gasteiger partial charge in [-0.05, 0) is 38.5 Å². The van der Waals surface area contributed by atoms with Crippen LogP contribution in [0.1, 0.15) is 96.3 Å². The molecular formula is C21H38N3O6P. The summed E-state index contributed by atoms with van der Waals surface area (Å²) in [6.45, 7) is 0. The largest absolute Gasteiger partial charge is 0.525 e. The maximum atomic E-state index is 12.1. The molecule has 3 aliphatic rings. The van der Waals surface area contributed by atoms with Gasteiger partial charge in [0.05, 0.1) is 0 Å². The third-order valence-corrected chi connectivity index (χ3v) is 7.09. The highest BCUT2D eigenvalue weighted by Crippen LogP contribution is 2.40. The molecule has 0 heterocycles. The molecule has 0 saturated heterocycles. The number of carbonyl (C=O) groups is 1. The number of nitrogens with zero attached hydrogens (tertiary/aromatic N) is 1. The van der Waals surface area contributed by atoms with E-state index in [2.05, 4.69) is 10.7 Å². The molecule has 5 N–H and O–H groups in total. The Morgan fingerprint density at radius 2 is 1.29 bits per heavy atom. The zero-order chi connectivity index (χ0) is 22.3. The second-order valence-corrected chi connectivity index (χ2v) is 10.3. The Bertz CT molecular complexity index is 664. The molecular weight excluding hydrogens is 421 g/mol. The van der Waals surface area contributed by atoms with Crippen molar-refractivity contribution in [2.45, 2.75) is 114 Å². The average molecular weight is 460 g/mol. The molecule has 0 spiro atoms. The molecule has 31 heavy (non-hydrogen) atoms. The molecule has 0 unspecified atom stereocenters. The van der Waals surface area contributed by atoms with Gasteiger partial charge in [0.15, 0.2) is 5.82 Å². The maximum absolute atomic E-state index is 12.1. The molecule has 0 aromatic carbocycles. The van der Waals surface area contributed by atoms with Crippen LogP contribution in [0.5, 0.6) is 0 Å². The Morgan fingerprint density at radius 3 is 1.77 bits per heavy atom. The number of hydrogen-bond donors (Lipinski definition) is 5. The third kappa shape index (κ3) is 7.67. The molecule has 0 atom stereocenters. The van der Waals surface area contributed by atoms with Crippen LogP contribution in [-0.2, 0) is 13.9 Å². The van der Waals surface area contributed by atoms with Crippen LogP contribution in [-0.4, -0.2) is 44.0 Å². The Kier molecular flexibility index (Phi) is 9.07. The Labute approximate surface area is 184 Å². The summed E-state index contributed by atoms with van der Waals surface area (Å²) in [4.78, 5) is 31.0. The van der Waals surface area contributed by atoms with Crippen LogP contribution in [0.2, 0.25) is 0 Å². The number of carboxylic acids is 1. The average Bonchev–Trinajstić information content (AvgIpc) is 2.76. The first-order valence-corrected chi connectivity index (χ1v) is 13.4. The van der Waals surface area contributed by atoms with Crippen LogP contribution in [0.4, 0.5) is 0 Å². The fourth-order valence-corrected chi connectivity index (χ4v) is 5.51. The van der Waals surface area contributed by atoms with Crippen molar-refractivity contribution >= 4 is 13.8 Å². The van der Waals surface area contributed by atoms with Gasteiger partial charge < -0.3 is 14.9 Å². The standard InChI is InChI=1S/C21H38N3O6P/c25-21(26)19(30-31(27,28)29)20(22-16-10-4-1-5-11-16)24(18-14-8-3-9-15-18)23-17-12-6-2-7-13-17/h16-18,22-23H,1-15H2,(H,25,26)(H2,27,28,29). The monoisotopic (exact) mass is 459 g/mol. The van der Waals surface area contributed by atoms with Gasteiger partial charge in [-0.15, -0.1) is 0 Å². The first kappa shape index (κ1) is 24.4. The molecule has 178 valence electrons. The summed E-state index contributed by atoms with van der Waals surface area (Å²) >= 11 is 0. The van der Waals surface area contributed by atoms with E-state index in [4.69, 9.17) is 4.52 Å². The summed E-state index contributed by atoms with van der Waals surface area (Å²) in [6, 6.07) is 0.318. The lowest BCUT2D eigenvalue weighted by Crippen LogP contribution is -2.55. The van der Waals surface area contributed by atoms with Crippen LogP contribution in [0.25, 0.3) is 0 Å². The number of carboxylic acid groups (broad SMARTS) is 1. The number of nitrogens with one attached hydrogen (secondary N) is 2. The van der Waals surface area contributed by atoms with E-state index in [9.17, 15) is 24.3 Å². The Balaban J connectivity index is 1.97. The molecule has 3 aliphatic carbocycles. The maximum Gasteiger partial charge on any atom is 0.525 e. The molecule has 3 fully saturated rings. The first-order valence-electron chi connectivity index (χ1n) is 11.9. The minimum atomic E-state index is -5.04. The molecule has 0 amide bonds. The van der Waals surface area contributed by atoms with Crippen molar-refractivity contribution in [2.24, 2.45) is 0 Å². The van der Waals surface area contributed by atoms with Gasteiger partial charge in [-0.1, -0.05) is 57.8 Å². The lowest BCUT2D eigenvalue weighted by atomic mass is 9.93. The van der Waals surface area contributed by atoms with Gasteiger partial charge in [-0.2, -0.15) is 0 Å². The van der Waals surface area contributed by atoms with E-state index >= 15 is 0 Å². The normalized spacial score (nSPS) is 23.2. The van der Waals surface area contributed by atoms with Crippen LogP contribution in [0, 0.1) is 0 Å². The number of rotatable bonds is 9. The van der Waals surface area contributed by atoms with E-state index < -0.39 is 19.6 Å². The van der Waals surface area contributed by atoms with Crippen LogP contribution >= 0.6 is 7.82 Å². The van der Waals surface area contributed by atoms with E-state index in [-0.39, 0.29) is 23.9 Å². The molecule has 0 bridgehead atoms. The minimum Gasteiger partial charge on any atom is -0.475 e. The summed E-state index contributed by atoms with van der Waals surface area (Å²) in [6.07, 6.45) is 15.5. The summed E-state index contributed by atoms with van der Waals surface area (Å²) in [5.74, 6) is -2.01. The summed E-state index contributed by atoms with van der Waals surface area (Å²) in [5, 5.41) is 15.1. The highest BCUT2D eigenvalue weighted by Gasteiger charge is 2.35. The molecule has 3 saturated carbocycles. The Hall–Kier alpha value is -1.28. The Morgan fingerprint density at radius 1 is 0.806 bits per heavy atom. The zero-order valence-corrected chi connectivity index (χ0v) is 19.2. The van der Waals surface area contributed by atoms with E-state index in [0.29, 0.717) is 0 Å². The summed E-state index contributed by atoms with van der Waals surface area (Å²) in [5.41, 5.74) is 3.55. The summed E-state index contributed by atoms with van der Waals surface area (Å²) in [7, 11) is -5.04. The summed E-state index contributed by atoms with van der Waals surface area (Å²) < 4.78 is 16.4. The van der Waals surface area contributed by atoms with E-state index in [1.165, 1.54) is 6.42 Å². The molecule has 0 aromatic rings. The predicted octanol–water partition coefficient (Wildman–Crippen LogP) is 3.74. The van der Waals surface area contributed by atoms with Crippen molar-refractivity contribution in [3.8, 4) is 0 Å². The fraction of sp³-hybridized carbons (Fsp3) is 0.857. The molecule has 0 radical (unpaired) electrons. The molecule has 0 aliphatic heterocycles. The van der Waals surface area contributed by atoms with Crippen molar-refractivity contribution in [2.75, 3.05) is 0 Å². The van der Waals surface area contributed by atoms with Gasteiger partial charge in [-0.3, -0.25) is 14.8 Å². The van der Waals surface area contributed by atoms with Crippen molar-refractivity contribution < 1.29 is 28.8 Å². The highest BCUT2D eigenvalue weighted by atomic mass is 31.2. The van der Waals surface area contributed by atoms with Gasteiger partial charge >= 0.3 is 13.8 Å². The predicted molar refractivity (Wildman–Crippen MR) is 117 cm³/mol. The van der Waals surface area contributed by atoms with E-state index in [0.717, 1.165) is 89.9 Å². The molecule has 0 aromatic heterocycles. The lowest BCUT2D eigenvalue weighted by Gasteiger charge is -2.42. The van der Waals surface area contributed by atoms with Gasteiger partial charge in [0, 0.05) is 18.1 Å². The number of hydrogen-bond acceptors (Lipinski definition) is 6. The van der Waals surface area contributed by atoms with Gasteiger partial charge in [0.2, 0.25) is 0 Å². The quantitative estimate of drug-likeness (QED) is 0.151. The van der Waals surface area contributed by atoms with Crippen molar-refractivity contribution in [1.82, 2.24) is 15.8 Å². The SMILES string of the molecule is O=C(O)C(OP(=O)(O)O)=C(NC1CCCCC1)N(NC1CCCCC1)C1CCCCC1. The van der Waals surface area contributed by atoms with Gasteiger partial charge in [0.1, 0.15) is 0 Å². The number of hydrazine groups is 1. The third-order valence-electron chi connectivity index (χ3n) is 6.67. The second-order valence-electron chi connectivity index (χ2n) is 9.17. The zero-order valence-electron chi connectivity index (χ0n) is 18.3. The smallest absolute Gasteiger partial charge is 0.475 e. The van der Waals surface area contributed by atoms with Crippen molar-refractivity contribution in [3.63, 3.8) is 0 Å². The highest BCUT2D eigenvalue weighted by molar-refractivity contribution is 7.46. The van der Waals surface area contributed by atoms with Crippen molar-refractivity contribution in [1.29, 1.82) is 0 Å². The minimum absolute atomic E-state index is 0.0523. The number of aliphatic carboxylic acids is 1. The number of phosphoric acid groups is 1. The van der Waals surface area contributed by atoms with Crippen LogP contribution in [0.3, 0.4) is 0 Å². The molecule has 3 rings (SSSR count). The fourth-order valence-electron chi connectivity index (χ4n) is 5.11. The lowest BCUT2D eigenvalue weighted by molar-refractivity contribution is -0.135. The number of phosphoric ester groups is 1. The molecule has 10 heteroatoms. The van der Waals surface area contributed by atoms with E-state index in [1.54, 1.807) is 0 Å². The van der Waals surface area contributed by atoms with E-state index in [1.807, 2.05) is 5.01 Å². The first-order chi connectivity index (χ1) is 14.8. The van der Waals surface area contributed by atoms with Crippen LogP contribution in [0.15, 0.2) is 11.6 Å². The van der Waals surface area contributed by atoms with Gasteiger partial charge in [-0.25, -0.2) is 14.8 Å². The van der Waals surface area contributed by atoms with Crippen molar-refractivity contribution in [3.05, 3.63) is 11.6 Å². The second kappa shape index (κ2) is 11.5. The van der Waals surface area contributed by atoms with Crippen LogP contribution < -0.4 is 10.7 Å². The van der Waals surface area contributed by atoms with Gasteiger partial charge in [0.25, 0.3) is 5.76 Å².